The van der Waals surface area contributed by atoms with Crippen molar-refractivity contribution in [2.24, 2.45) is 4.99 Å². The van der Waals surface area contributed by atoms with Crippen LogP contribution in [0.4, 0.5) is 8.78 Å². The lowest BCUT2D eigenvalue weighted by molar-refractivity contribution is 0.504. The summed E-state index contributed by atoms with van der Waals surface area (Å²) in [7, 11) is 0. The molecule has 0 bridgehead atoms. The maximum absolute atomic E-state index is 13.4. The second-order valence-electron chi connectivity index (χ2n) is 5.31. The van der Waals surface area contributed by atoms with E-state index < -0.39 is 11.6 Å². The van der Waals surface area contributed by atoms with E-state index in [9.17, 15) is 8.78 Å². The molecule has 138 valence electrons. The number of guanidine groups is 1. The molecule has 0 saturated carbocycles. The lowest BCUT2D eigenvalue weighted by Gasteiger charge is -2.18. The quantitative estimate of drug-likeness (QED) is 0.366. The number of thiazole rings is 1. The molecule has 1 atom stereocenters. The molecular weight excluding hydrogens is 457 g/mol. The van der Waals surface area contributed by atoms with Crippen molar-refractivity contribution in [1.82, 2.24) is 15.6 Å². The fourth-order valence-corrected chi connectivity index (χ4v) is 2.91. The average molecular weight is 480 g/mol. The number of aromatic nitrogens is 1. The van der Waals surface area contributed by atoms with Crippen LogP contribution in [0.25, 0.3) is 0 Å². The van der Waals surface area contributed by atoms with Gasteiger partial charge in [-0.3, -0.25) is 0 Å². The van der Waals surface area contributed by atoms with E-state index in [0.29, 0.717) is 24.6 Å². The number of halogens is 3. The summed E-state index contributed by atoms with van der Waals surface area (Å²) in [5.74, 6) is -1.08. The molecule has 1 aromatic heterocycles. The van der Waals surface area contributed by atoms with Gasteiger partial charge in [0.05, 0.1) is 12.6 Å². The molecule has 0 aliphatic carbocycles. The summed E-state index contributed by atoms with van der Waals surface area (Å²) in [5, 5.41) is 7.30. The molecule has 4 nitrogen and oxygen atoms in total. The number of rotatable bonds is 6. The summed E-state index contributed by atoms with van der Waals surface area (Å²) in [5.41, 5.74) is 0.655. The Morgan fingerprint density at radius 1 is 1.28 bits per heavy atom. The molecular formula is C17H23F2IN4S. The topological polar surface area (TPSA) is 49.3 Å². The highest BCUT2D eigenvalue weighted by atomic mass is 127. The van der Waals surface area contributed by atoms with E-state index in [-0.39, 0.29) is 30.0 Å². The molecule has 2 N–H and O–H groups in total. The second kappa shape index (κ2) is 10.6. The summed E-state index contributed by atoms with van der Waals surface area (Å²) in [4.78, 5) is 10.1. The van der Waals surface area contributed by atoms with Crippen molar-refractivity contribution < 1.29 is 8.78 Å². The van der Waals surface area contributed by atoms with Crippen molar-refractivity contribution in [1.29, 1.82) is 0 Å². The van der Waals surface area contributed by atoms with E-state index in [1.807, 2.05) is 20.0 Å². The van der Waals surface area contributed by atoms with E-state index in [4.69, 9.17) is 0 Å². The lowest BCUT2D eigenvalue weighted by Crippen LogP contribution is -2.38. The average Bonchev–Trinajstić information content (AvgIpc) is 3.03. The molecule has 0 aliphatic rings. The number of hydrogen-bond acceptors (Lipinski definition) is 3. The van der Waals surface area contributed by atoms with Crippen LogP contribution in [0.15, 0.2) is 29.4 Å². The molecule has 0 radical (unpaired) electrons. The van der Waals surface area contributed by atoms with E-state index in [1.54, 1.807) is 17.4 Å². The Balaban J connectivity index is 0.00000312. The highest BCUT2D eigenvalue weighted by Crippen LogP contribution is 2.16. The minimum Gasteiger partial charge on any atom is -0.357 e. The maximum atomic E-state index is 13.4. The maximum Gasteiger partial charge on any atom is 0.192 e. The molecule has 2 aromatic rings. The predicted octanol–water partition coefficient (Wildman–Crippen LogP) is 4.42. The third kappa shape index (κ3) is 6.50. The largest absolute Gasteiger partial charge is 0.357 e. The van der Waals surface area contributed by atoms with Crippen LogP contribution in [0.3, 0.4) is 0 Å². The van der Waals surface area contributed by atoms with Gasteiger partial charge < -0.3 is 10.6 Å². The van der Waals surface area contributed by atoms with Gasteiger partial charge in [-0.1, -0.05) is 13.0 Å². The zero-order valence-electron chi connectivity index (χ0n) is 14.5. The fraction of sp³-hybridized carbons (Fsp3) is 0.412. The van der Waals surface area contributed by atoms with Gasteiger partial charge >= 0.3 is 0 Å². The smallest absolute Gasteiger partial charge is 0.192 e. The Morgan fingerprint density at radius 3 is 2.64 bits per heavy atom. The van der Waals surface area contributed by atoms with E-state index in [0.717, 1.165) is 17.5 Å². The number of aliphatic imine (C=N–C) groups is 1. The van der Waals surface area contributed by atoms with E-state index in [1.165, 1.54) is 10.9 Å². The molecule has 25 heavy (non-hydrogen) atoms. The number of benzene rings is 1. The Bertz CT molecular complexity index is 706. The first-order valence-electron chi connectivity index (χ1n) is 7.96. The van der Waals surface area contributed by atoms with E-state index >= 15 is 0 Å². The van der Waals surface area contributed by atoms with Crippen LogP contribution >= 0.6 is 35.3 Å². The van der Waals surface area contributed by atoms with Gasteiger partial charge in [0.15, 0.2) is 17.6 Å². The molecule has 1 unspecified atom stereocenters. The third-order valence-electron chi connectivity index (χ3n) is 3.46. The summed E-state index contributed by atoms with van der Waals surface area (Å²) >= 11 is 1.65. The Kier molecular flexibility index (Phi) is 9.26. The van der Waals surface area contributed by atoms with Crippen molar-refractivity contribution in [3.8, 4) is 0 Å². The fourth-order valence-electron chi connectivity index (χ4n) is 2.12. The van der Waals surface area contributed by atoms with Crippen molar-refractivity contribution in [2.45, 2.75) is 39.8 Å². The van der Waals surface area contributed by atoms with E-state index in [2.05, 4.69) is 27.5 Å². The first-order chi connectivity index (χ1) is 11.5. The van der Waals surface area contributed by atoms with Crippen molar-refractivity contribution >= 4 is 41.3 Å². The van der Waals surface area contributed by atoms with Crippen molar-refractivity contribution in [3.63, 3.8) is 0 Å². The van der Waals surface area contributed by atoms with Gasteiger partial charge in [0.25, 0.3) is 0 Å². The van der Waals surface area contributed by atoms with Gasteiger partial charge in [-0.05, 0) is 38.0 Å². The molecule has 0 aliphatic heterocycles. The first-order valence-corrected chi connectivity index (χ1v) is 8.78. The molecule has 1 heterocycles. The van der Waals surface area contributed by atoms with Crippen LogP contribution in [0.2, 0.25) is 0 Å². The zero-order chi connectivity index (χ0) is 17.5. The van der Waals surface area contributed by atoms with Gasteiger partial charge in [0, 0.05) is 17.6 Å². The number of aryl methyl sites for hydroxylation is 1. The van der Waals surface area contributed by atoms with Crippen molar-refractivity contribution in [3.05, 3.63) is 51.5 Å². The van der Waals surface area contributed by atoms with Crippen LogP contribution in [0.5, 0.6) is 0 Å². The molecule has 0 spiro atoms. The highest BCUT2D eigenvalue weighted by Gasteiger charge is 2.11. The van der Waals surface area contributed by atoms with Gasteiger partial charge in [-0.2, -0.15) is 0 Å². The van der Waals surface area contributed by atoms with Crippen LogP contribution in [0.1, 0.15) is 42.3 Å². The Hall–Kier alpha value is -1.29. The second-order valence-corrected chi connectivity index (χ2v) is 6.51. The van der Waals surface area contributed by atoms with Gasteiger partial charge in [-0.25, -0.2) is 18.8 Å². The number of nitrogens with zero attached hydrogens (tertiary/aromatic N) is 2. The molecule has 8 heteroatoms. The van der Waals surface area contributed by atoms with Gasteiger partial charge in [0.2, 0.25) is 0 Å². The molecule has 0 saturated heterocycles. The standard InChI is InChI=1S/C17H22F2N4S.HI/c1-4-13-9-21-16(24-13)10-22-17(20-5-2)23-11(3)12-6-7-14(18)15(19)8-12;/h6-9,11H,4-5,10H2,1-3H3,(H2,20,22,23);1H. The number of nitrogens with one attached hydrogen (secondary N) is 2. The SMILES string of the molecule is CCNC(=NCc1ncc(CC)s1)NC(C)c1ccc(F)c(F)c1.I. The highest BCUT2D eigenvalue weighted by molar-refractivity contribution is 14.0. The van der Waals surface area contributed by atoms with Crippen LogP contribution in [0, 0.1) is 11.6 Å². The lowest BCUT2D eigenvalue weighted by atomic mass is 10.1. The summed E-state index contributed by atoms with van der Waals surface area (Å²) in [6, 6.07) is 3.69. The first kappa shape index (κ1) is 21.8. The van der Waals surface area contributed by atoms with Crippen LogP contribution in [-0.2, 0) is 13.0 Å². The minimum atomic E-state index is -0.849. The number of hydrogen-bond donors (Lipinski definition) is 2. The molecule has 1 aromatic carbocycles. The van der Waals surface area contributed by atoms with Gasteiger partial charge in [-0.15, -0.1) is 35.3 Å². The molecule has 0 fully saturated rings. The summed E-state index contributed by atoms with van der Waals surface area (Å²) in [6.07, 6.45) is 2.84. The normalized spacial score (nSPS) is 12.4. The monoisotopic (exact) mass is 480 g/mol. The van der Waals surface area contributed by atoms with Crippen LogP contribution in [-0.4, -0.2) is 17.5 Å². The molecule has 2 rings (SSSR count). The van der Waals surface area contributed by atoms with Crippen LogP contribution < -0.4 is 10.6 Å². The van der Waals surface area contributed by atoms with Crippen molar-refractivity contribution in [2.75, 3.05) is 6.54 Å². The predicted molar refractivity (Wildman–Crippen MR) is 110 cm³/mol. The summed E-state index contributed by atoms with van der Waals surface area (Å²) < 4.78 is 26.4. The summed E-state index contributed by atoms with van der Waals surface area (Å²) in [6.45, 7) is 7.12. The Labute approximate surface area is 168 Å². The Morgan fingerprint density at radius 2 is 2.04 bits per heavy atom. The minimum absolute atomic E-state index is 0. The van der Waals surface area contributed by atoms with Gasteiger partial charge in [0.1, 0.15) is 5.01 Å². The third-order valence-corrected chi connectivity index (χ3v) is 4.59. The molecule has 0 amide bonds. The zero-order valence-corrected chi connectivity index (χ0v) is 17.6.